The van der Waals surface area contributed by atoms with Crippen molar-refractivity contribution in [3.05, 3.63) is 66.7 Å². The molecule has 4 nitrogen and oxygen atoms in total. The molecule has 0 aliphatic carbocycles. The second-order valence-electron chi connectivity index (χ2n) is 5.41. The molecule has 0 unspecified atom stereocenters. The lowest BCUT2D eigenvalue weighted by Crippen LogP contribution is -2.28. The molecule has 4 rings (SSSR count). The first-order chi connectivity index (χ1) is 11.1. The molecule has 3 aromatic carbocycles. The van der Waals surface area contributed by atoms with Gasteiger partial charge in [0.1, 0.15) is 5.75 Å². The predicted octanol–water partition coefficient (Wildman–Crippen LogP) is 3.41. The van der Waals surface area contributed by atoms with Gasteiger partial charge in [0.15, 0.2) is 21.3 Å². The van der Waals surface area contributed by atoms with Gasteiger partial charge in [-0.25, -0.2) is 8.42 Å². The fraction of sp³-hybridized carbons (Fsp3) is 0.111. The van der Waals surface area contributed by atoms with Gasteiger partial charge in [-0.05, 0) is 35.0 Å². The van der Waals surface area contributed by atoms with Gasteiger partial charge in [0.05, 0.1) is 4.90 Å². The van der Waals surface area contributed by atoms with Crippen molar-refractivity contribution in [2.24, 2.45) is 0 Å². The number of benzene rings is 3. The third-order valence-electron chi connectivity index (χ3n) is 3.79. The Morgan fingerprint density at radius 1 is 0.783 bits per heavy atom. The Morgan fingerprint density at radius 2 is 1.30 bits per heavy atom. The summed E-state index contributed by atoms with van der Waals surface area (Å²) in [5, 5.41) is 2.06. The number of sulfone groups is 1. The Kier molecular flexibility index (Phi) is 3.23. The van der Waals surface area contributed by atoms with E-state index in [2.05, 4.69) is 0 Å². The van der Waals surface area contributed by atoms with Crippen LogP contribution in [0.15, 0.2) is 71.6 Å². The lowest BCUT2D eigenvalue weighted by atomic mass is 10.1. The Balaban J connectivity index is 1.60. The number of hydrogen-bond donors (Lipinski definition) is 0. The average molecular weight is 326 g/mol. The molecule has 3 aromatic rings. The van der Waals surface area contributed by atoms with E-state index in [1.807, 2.05) is 36.4 Å². The second kappa shape index (κ2) is 5.28. The molecule has 23 heavy (non-hydrogen) atoms. The Bertz CT molecular complexity index is 920. The van der Waals surface area contributed by atoms with Gasteiger partial charge < -0.3 is 9.47 Å². The zero-order valence-electron chi connectivity index (χ0n) is 12.2. The third-order valence-corrected chi connectivity index (χ3v) is 5.49. The molecule has 1 aliphatic rings. The molecule has 0 fully saturated rings. The summed E-state index contributed by atoms with van der Waals surface area (Å²) in [5.41, 5.74) is 0. The van der Waals surface area contributed by atoms with E-state index in [1.165, 1.54) is 0 Å². The van der Waals surface area contributed by atoms with E-state index in [9.17, 15) is 8.42 Å². The van der Waals surface area contributed by atoms with E-state index in [1.54, 1.807) is 30.3 Å². The molecule has 1 aliphatic heterocycles. The number of ether oxygens (including phenoxy) is 2. The molecule has 116 valence electrons. The summed E-state index contributed by atoms with van der Waals surface area (Å²) in [4.78, 5) is 0.272. The summed E-state index contributed by atoms with van der Waals surface area (Å²) >= 11 is 0. The van der Waals surface area contributed by atoms with Crippen molar-refractivity contribution < 1.29 is 17.9 Å². The van der Waals surface area contributed by atoms with Crippen LogP contribution in [0.25, 0.3) is 10.8 Å². The van der Waals surface area contributed by atoms with Gasteiger partial charge in [-0.3, -0.25) is 0 Å². The highest BCUT2D eigenvalue weighted by Crippen LogP contribution is 2.38. The molecule has 0 aromatic heterocycles. The summed E-state index contributed by atoms with van der Waals surface area (Å²) in [6, 6.07) is 19.9. The summed E-state index contributed by atoms with van der Waals surface area (Å²) in [6.07, 6.45) is -0.827. The van der Waals surface area contributed by atoms with Crippen molar-refractivity contribution >= 4 is 20.6 Å². The lowest BCUT2D eigenvalue weighted by Gasteiger charge is -2.10. The summed E-state index contributed by atoms with van der Waals surface area (Å²) in [5.74, 6) is 0.941. The van der Waals surface area contributed by atoms with E-state index >= 15 is 0 Å². The molecule has 0 atom stereocenters. The minimum atomic E-state index is -3.46. The zero-order chi connectivity index (χ0) is 15.9. The quantitative estimate of drug-likeness (QED) is 0.740. The van der Waals surface area contributed by atoms with Crippen LogP contribution >= 0.6 is 0 Å². The smallest absolute Gasteiger partial charge is 0.255 e. The van der Waals surface area contributed by atoms with Crippen LogP contribution in [0.1, 0.15) is 0 Å². The normalized spacial score (nSPS) is 14.3. The number of rotatable bonds is 3. The maximum Gasteiger partial charge on any atom is 0.255 e. The van der Waals surface area contributed by atoms with Crippen LogP contribution < -0.4 is 9.47 Å². The molecule has 0 saturated carbocycles. The molecule has 0 amide bonds. The van der Waals surface area contributed by atoms with Gasteiger partial charge in [-0.2, -0.15) is 0 Å². The van der Waals surface area contributed by atoms with Crippen LogP contribution in [0.5, 0.6) is 11.5 Å². The van der Waals surface area contributed by atoms with Crippen LogP contribution in [0.3, 0.4) is 0 Å². The first-order valence-corrected chi connectivity index (χ1v) is 8.91. The van der Waals surface area contributed by atoms with Crippen molar-refractivity contribution in [2.45, 2.75) is 11.2 Å². The second-order valence-corrected chi connectivity index (χ2v) is 7.44. The minimum Gasteiger partial charge on any atom is -0.450 e. The van der Waals surface area contributed by atoms with Crippen molar-refractivity contribution in [1.29, 1.82) is 0 Å². The maximum atomic E-state index is 12.4. The largest absolute Gasteiger partial charge is 0.450 e. The maximum absolute atomic E-state index is 12.4. The number of hydrogen-bond acceptors (Lipinski definition) is 4. The van der Waals surface area contributed by atoms with Gasteiger partial charge >= 0.3 is 0 Å². The topological polar surface area (TPSA) is 52.6 Å². The zero-order valence-corrected chi connectivity index (χ0v) is 13.0. The molecule has 5 heteroatoms. The standard InChI is InChI=1S/C18H14O4S/c19-23(20,15-8-2-1-3-9-15)12-18-21-16-10-13-6-4-5-7-14(13)11-17(16)22-18/h1-11,18H,12H2. The molecule has 0 N–H and O–H groups in total. The minimum absolute atomic E-state index is 0.220. The van der Waals surface area contributed by atoms with Crippen molar-refractivity contribution in [3.63, 3.8) is 0 Å². The molecular weight excluding hydrogens is 312 g/mol. The van der Waals surface area contributed by atoms with Crippen LogP contribution in [-0.2, 0) is 9.84 Å². The lowest BCUT2D eigenvalue weighted by molar-refractivity contribution is 0.0708. The van der Waals surface area contributed by atoms with E-state index < -0.39 is 16.1 Å². The number of fused-ring (bicyclic) bond motifs is 2. The van der Waals surface area contributed by atoms with E-state index in [0.29, 0.717) is 11.5 Å². The Hall–Kier alpha value is -2.53. The van der Waals surface area contributed by atoms with Gasteiger partial charge in [0.25, 0.3) is 6.29 Å². The molecule has 0 radical (unpaired) electrons. The molecule has 1 heterocycles. The molecule has 0 saturated heterocycles. The van der Waals surface area contributed by atoms with Crippen LogP contribution in [0, 0.1) is 0 Å². The van der Waals surface area contributed by atoms with Gasteiger partial charge in [0.2, 0.25) is 0 Å². The highest BCUT2D eigenvalue weighted by Gasteiger charge is 2.30. The fourth-order valence-corrected chi connectivity index (χ4v) is 3.92. The summed E-state index contributed by atoms with van der Waals surface area (Å²) in [7, 11) is -3.46. The van der Waals surface area contributed by atoms with E-state index in [4.69, 9.17) is 9.47 Å². The molecular formula is C18H14O4S. The van der Waals surface area contributed by atoms with Crippen LogP contribution in [0.2, 0.25) is 0 Å². The van der Waals surface area contributed by atoms with Crippen molar-refractivity contribution in [1.82, 2.24) is 0 Å². The summed E-state index contributed by atoms with van der Waals surface area (Å²) in [6.45, 7) is 0. The first-order valence-electron chi connectivity index (χ1n) is 7.26. The third kappa shape index (κ3) is 2.64. The summed E-state index contributed by atoms with van der Waals surface area (Å²) < 4.78 is 36.2. The predicted molar refractivity (Wildman–Crippen MR) is 87.5 cm³/mol. The van der Waals surface area contributed by atoms with Crippen molar-refractivity contribution in [2.75, 3.05) is 5.75 Å². The highest BCUT2D eigenvalue weighted by molar-refractivity contribution is 7.91. The van der Waals surface area contributed by atoms with Gasteiger partial charge in [-0.1, -0.05) is 42.5 Å². The van der Waals surface area contributed by atoms with Crippen LogP contribution in [0.4, 0.5) is 0 Å². The molecule has 0 spiro atoms. The van der Waals surface area contributed by atoms with Gasteiger partial charge in [0, 0.05) is 0 Å². The van der Waals surface area contributed by atoms with Crippen molar-refractivity contribution in [3.8, 4) is 11.5 Å². The SMILES string of the molecule is O=S(=O)(CC1Oc2cc3ccccc3cc2O1)c1ccccc1. The fourth-order valence-electron chi connectivity index (χ4n) is 2.66. The Morgan fingerprint density at radius 3 is 1.87 bits per heavy atom. The van der Waals surface area contributed by atoms with Gasteiger partial charge in [-0.15, -0.1) is 0 Å². The monoisotopic (exact) mass is 326 g/mol. The average Bonchev–Trinajstić information content (AvgIpc) is 2.93. The Labute approximate surface area is 134 Å². The molecule has 0 bridgehead atoms. The van der Waals surface area contributed by atoms with E-state index in [-0.39, 0.29) is 10.6 Å². The highest BCUT2D eigenvalue weighted by atomic mass is 32.2. The van der Waals surface area contributed by atoms with E-state index in [0.717, 1.165) is 10.8 Å². The van der Waals surface area contributed by atoms with Crippen LogP contribution in [-0.4, -0.2) is 20.5 Å². The first kappa shape index (κ1) is 14.1.